The van der Waals surface area contributed by atoms with Crippen molar-refractivity contribution < 1.29 is 18.3 Å². The number of benzene rings is 2. The van der Waals surface area contributed by atoms with Crippen LogP contribution in [0.4, 0.5) is 5.69 Å². The van der Waals surface area contributed by atoms with Crippen molar-refractivity contribution in [3.05, 3.63) is 58.1 Å². The first-order valence-corrected chi connectivity index (χ1v) is 8.19. The number of carboxylic acids is 1. The van der Waals surface area contributed by atoms with E-state index in [2.05, 4.69) is 20.7 Å². The maximum Gasteiger partial charge on any atom is 0.335 e. The molecule has 0 saturated carbocycles. The summed E-state index contributed by atoms with van der Waals surface area (Å²) in [6, 6.07) is 10.3. The Balaban J connectivity index is 2.31. The fraction of sp³-hybridized carbons (Fsp3) is 0.0714. The number of anilines is 1. The van der Waals surface area contributed by atoms with Crippen LogP contribution in [0.25, 0.3) is 0 Å². The van der Waals surface area contributed by atoms with Crippen molar-refractivity contribution in [3.63, 3.8) is 0 Å². The van der Waals surface area contributed by atoms with E-state index < -0.39 is 16.0 Å². The summed E-state index contributed by atoms with van der Waals surface area (Å²) >= 11 is 3.30. The minimum Gasteiger partial charge on any atom is -0.478 e. The molecule has 0 heterocycles. The highest BCUT2D eigenvalue weighted by Gasteiger charge is 2.16. The van der Waals surface area contributed by atoms with Gasteiger partial charge >= 0.3 is 5.97 Å². The van der Waals surface area contributed by atoms with E-state index in [1.165, 1.54) is 24.3 Å². The number of aryl methyl sites for hydroxylation is 1. The van der Waals surface area contributed by atoms with E-state index in [0.29, 0.717) is 10.2 Å². The van der Waals surface area contributed by atoms with Crippen LogP contribution in [0, 0.1) is 6.92 Å². The van der Waals surface area contributed by atoms with Crippen LogP contribution in [0.3, 0.4) is 0 Å². The molecule has 0 aliphatic rings. The number of hydrogen-bond acceptors (Lipinski definition) is 3. The second kappa shape index (κ2) is 5.87. The van der Waals surface area contributed by atoms with Gasteiger partial charge in [-0.05, 0) is 64.8 Å². The summed E-state index contributed by atoms with van der Waals surface area (Å²) in [7, 11) is -3.76. The number of nitrogens with one attached hydrogen (secondary N) is 1. The predicted octanol–water partition coefficient (Wildman–Crippen LogP) is 3.26. The zero-order valence-corrected chi connectivity index (χ0v) is 13.4. The second-order valence-electron chi connectivity index (χ2n) is 4.42. The minimum atomic E-state index is -3.76. The second-order valence-corrected chi connectivity index (χ2v) is 6.96. The fourth-order valence-corrected chi connectivity index (χ4v) is 3.49. The average Bonchev–Trinajstić information content (AvgIpc) is 2.42. The molecule has 2 aromatic rings. The Hall–Kier alpha value is -1.86. The molecule has 2 rings (SSSR count). The largest absolute Gasteiger partial charge is 0.478 e. The summed E-state index contributed by atoms with van der Waals surface area (Å²) in [5, 5.41) is 8.80. The molecule has 0 bridgehead atoms. The van der Waals surface area contributed by atoms with E-state index in [-0.39, 0.29) is 10.5 Å². The summed E-state index contributed by atoms with van der Waals surface area (Å²) in [5.41, 5.74) is 1.45. The molecule has 5 nitrogen and oxygen atoms in total. The quantitative estimate of drug-likeness (QED) is 0.866. The summed E-state index contributed by atoms with van der Waals surface area (Å²) < 4.78 is 27.6. The first-order chi connectivity index (χ1) is 9.79. The van der Waals surface area contributed by atoms with Crippen molar-refractivity contribution >= 4 is 37.6 Å². The molecule has 0 fully saturated rings. The van der Waals surface area contributed by atoms with Gasteiger partial charge in [0.25, 0.3) is 10.0 Å². The molecule has 0 aromatic heterocycles. The van der Waals surface area contributed by atoms with Gasteiger partial charge in [0.05, 0.1) is 16.1 Å². The first-order valence-electron chi connectivity index (χ1n) is 5.92. The molecule has 0 aliphatic heterocycles. The zero-order valence-electron chi connectivity index (χ0n) is 11.0. The van der Waals surface area contributed by atoms with Crippen LogP contribution >= 0.6 is 15.9 Å². The first kappa shape index (κ1) is 15.5. The molecular formula is C14H12BrNO4S. The lowest BCUT2D eigenvalue weighted by Crippen LogP contribution is -2.13. The molecule has 7 heteroatoms. The zero-order chi connectivity index (χ0) is 15.6. The number of carboxylic acid groups (broad SMARTS) is 1. The summed E-state index contributed by atoms with van der Waals surface area (Å²) in [6.07, 6.45) is 0. The van der Waals surface area contributed by atoms with Crippen LogP contribution in [0.5, 0.6) is 0 Å². The highest BCUT2D eigenvalue weighted by molar-refractivity contribution is 9.10. The Kier molecular flexibility index (Phi) is 4.34. The Bertz CT molecular complexity index is 785. The molecule has 2 N–H and O–H groups in total. The topological polar surface area (TPSA) is 83.5 Å². The van der Waals surface area contributed by atoms with Crippen molar-refractivity contribution in [3.8, 4) is 0 Å². The highest BCUT2D eigenvalue weighted by atomic mass is 79.9. The van der Waals surface area contributed by atoms with E-state index in [0.717, 1.165) is 5.56 Å². The molecule has 110 valence electrons. The standard InChI is InChI=1S/C14H12BrNO4S/c1-9-2-7-13(12(15)8-9)16-21(19,20)11-5-3-10(4-6-11)14(17)18/h2-8,16H,1H3,(H,17,18). The molecule has 0 amide bonds. The maximum absolute atomic E-state index is 12.2. The van der Waals surface area contributed by atoms with Gasteiger partial charge in [-0.15, -0.1) is 0 Å². The van der Waals surface area contributed by atoms with Gasteiger partial charge in [0.15, 0.2) is 0 Å². The van der Waals surface area contributed by atoms with Crippen LogP contribution in [-0.2, 0) is 10.0 Å². The van der Waals surface area contributed by atoms with Crippen molar-refractivity contribution in [2.45, 2.75) is 11.8 Å². The van der Waals surface area contributed by atoms with Gasteiger partial charge in [-0.1, -0.05) is 6.07 Å². The molecule has 0 atom stereocenters. The number of hydrogen-bond donors (Lipinski definition) is 2. The number of rotatable bonds is 4. The molecule has 0 aliphatic carbocycles. The van der Waals surface area contributed by atoms with Gasteiger partial charge in [0, 0.05) is 4.47 Å². The van der Waals surface area contributed by atoms with Crippen LogP contribution in [0.2, 0.25) is 0 Å². The Morgan fingerprint density at radius 3 is 2.29 bits per heavy atom. The SMILES string of the molecule is Cc1ccc(NS(=O)(=O)c2ccc(C(=O)O)cc2)c(Br)c1. The van der Waals surface area contributed by atoms with Gasteiger partial charge in [0.2, 0.25) is 0 Å². The van der Waals surface area contributed by atoms with Gasteiger partial charge < -0.3 is 5.11 Å². The maximum atomic E-state index is 12.2. The van der Waals surface area contributed by atoms with E-state index in [4.69, 9.17) is 5.11 Å². The van der Waals surface area contributed by atoms with Crippen LogP contribution in [-0.4, -0.2) is 19.5 Å². The molecule has 21 heavy (non-hydrogen) atoms. The van der Waals surface area contributed by atoms with Crippen molar-refractivity contribution in [2.75, 3.05) is 4.72 Å². The van der Waals surface area contributed by atoms with Crippen molar-refractivity contribution in [1.82, 2.24) is 0 Å². The van der Waals surface area contributed by atoms with E-state index in [1.807, 2.05) is 6.92 Å². The summed E-state index contributed by atoms with van der Waals surface area (Å²) in [4.78, 5) is 10.8. The molecule has 2 aromatic carbocycles. The smallest absolute Gasteiger partial charge is 0.335 e. The lowest BCUT2D eigenvalue weighted by Gasteiger charge is -2.10. The van der Waals surface area contributed by atoms with E-state index in [9.17, 15) is 13.2 Å². The Morgan fingerprint density at radius 1 is 1.14 bits per heavy atom. The summed E-state index contributed by atoms with van der Waals surface area (Å²) in [5.74, 6) is -1.10. The molecular weight excluding hydrogens is 358 g/mol. The third kappa shape index (κ3) is 3.62. The molecule has 0 saturated heterocycles. The molecule has 0 unspecified atom stereocenters. The third-order valence-corrected chi connectivity index (χ3v) is 4.82. The van der Waals surface area contributed by atoms with Gasteiger partial charge in [-0.25, -0.2) is 13.2 Å². The average molecular weight is 370 g/mol. The Morgan fingerprint density at radius 2 is 1.76 bits per heavy atom. The molecule has 0 radical (unpaired) electrons. The summed E-state index contributed by atoms with van der Waals surface area (Å²) in [6.45, 7) is 1.90. The van der Waals surface area contributed by atoms with Gasteiger partial charge in [-0.3, -0.25) is 4.72 Å². The fourth-order valence-electron chi connectivity index (χ4n) is 1.68. The van der Waals surface area contributed by atoms with E-state index in [1.54, 1.807) is 18.2 Å². The number of halogens is 1. The van der Waals surface area contributed by atoms with Crippen LogP contribution in [0.1, 0.15) is 15.9 Å². The van der Waals surface area contributed by atoms with Gasteiger partial charge in [0.1, 0.15) is 0 Å². The van der Waals surface area contributed by atoms with Crippen molar-refractivity contribution in [1.29, 1.82) is 0 Å². The number of aromatic carboxylic acids is 1. The lowest BCUT2D eigenvalue weighted by molar-refractivity contribution is 0.0697. The van der Waals surface area contributed by atoms with Crippen LogP contribution in [0.15, 0.2) is 51.8 Å². The van der Waals surface area contributed by atoms with E-state index >= 15 is 0 Å². The normalized spacial score (nSPS) is 11.1. The number of carbonyl (C=O) groups is 1. The monoisotopic (exact) mass is 369 g/mol. The van der Waals surface area contributed by atoms with Crippen molar-refractivity contribution in [2.24, 2.45) is 0 Å². The van der Waals surface area contributed by atoms with Gasteiger partial charge in [-0.2, -0.15) is 0 Å². The highest BCUT2D eigenvalue weighted by Crippen LogP contribution is 2.26. The third-order valence-electron chi connectivity index (χ3n) is 2.78. The minimum absolute atomic E-state index is 0.0000231. The molecule has 0 spiro atoms. The Labute approximate surface area is 130 Å². The predicted molar refractivity (Wildman–Crippen MR) is 83.1 cm³/mol. The number of sulfonamides is 1. The lowest BCUT2D eigenvalue weighted by atomic mass is 10.2. The van der Waals surface area contributed by atoms with Crippen LogP contribution < -0.4 is 4.72 Å².